The topological polar surface area (TPSA) is 29.1 Å². The van der Waals surface area contributed by atoms with E-state index in [2.05, 4.69) is 35.7 Å². The van der Waals surface area contributed by atoms with Crippen LogP contribution in [-0.4, -0.2) is 18.4 Å². The molecule has 1 aromatic carbocycles. The van der Waals surface area contributed by atoms with Gasteiger partial charge in [0.05, 0.1) is 5.54 Å². The highest BCUT2D eigenvalue weighted by Crippen LogP contribution is 2.33. The third kappa shape index (κ3) is 2.18. The van der Waals surface area contributed by atoms with Crippen molar-refractivity contribution in [3.63, 3.8) is 0 Å². The Bertz CT molecular complexity index is 476. The molecule has 1 aliphatic rings. The van der Waals surface area contributed by atoms with Crippen molar-refractivity contribution < 1.29 is 4.79 Å². The molecule has 1 atom stereocenters. The lowest BCUT2D eigenvalue weighted by atomic mass is 9.87. The van der Waals surface area contributed by atoms with E-state index in [1.807, 2.05) is 14.0 Å². The zero-order valence-electron chi connectivity index (χ0n) is 10.7. The Balaban J connectivity index is 2.25. The fourth-order valence-electron chi connectivity index (χ4n) is 2.29. The van der Waals surface area contributed by atoms with Crippen LogP contribution in [-0.2, 0) is 11.2 Å². The molecule has 0 unspecified atom stereocenters. The molecular weight excluding hydrogens is 210 g/mol. The SMILES string of the molecule is CN[C@@](C)(CC1=CCc2ccccc21)C(C)=O. The Morgan fingerprint density at radius 1 is 1.41 bits per heavy atom. The van der Waals surface area contributed by atoms with Crippen LogP contribution in [0.5, 0.6) is 0 Å². The molecule has 0 saturated carbocycles. The van der Waals surface area contributed by atoms with Crippen LogP contribution in [0.2, 0.25) is 0 Å². The van der Waals surface area contributed by atoms with Crippen molar-refractivity contribution in [2.24, 2.45) is 0 Å². The van der Waals surface area contributed by atoms with Crippen molar-refractivity contribution in [2.75, 3.05) is 7.05 Å². The third-order valence-electron chi connectivity index (χ3n) is 3.80. The van der Waals surface area contributed by atoms with Gasteiger partial charge in [-0.15, -0.1) is 0 Å². The van der Waals surface area contributed by atoms with Gasteiger partial charge in [-0.3, -0.25) is 4.79 Å². The second kappa shape index (κ2) is 4.46. The summed E-state index contributed by atoms with van der Waals surface area (Å²) in [7, 11) is 1.85. The quantitative estimate of drug-likeness (QED) is 0.859. The number of hydrogen-bond acceptors (Lipinski definition) is 2. The average molecular weight is 229 g/mol. The molecule has 2 rings (SSSR count). The maximum Gasteiger partial charge on any atom is 0.149 e. The number of carbonyl (C=O) groups is 1. The van der Waals surface area contributed by atoms with Crippen molar-refractivity contribution in [1.29, 1.82) is 0 Å². The molecule has 17 heavy (non-hydrogen) atoms. The number of likely N-dealkylation sites (N-methyl/N-ethyl adjacent to an activating group) is 1. The van der Waals surface area contributed by atoms with E-state index in [0.29, 0.717) is 0 Å². The first-order valence-corrected chi connectivity index (χ1v) is 6.04. The van der Waals surface area contributed by atoms with Crippen molar-refractivity contribution in [1.82, 2.24) is 5.32 Å². The molecule has 0 bridgehead atoms. The first-order chi connectivity index (χ1) is 8.07. The standard InChI is InChI=1S/C15H19NO/c1-11(17)15(2,16-3)10-13-9-8-12-6-4-5-7-14(12)13/h4-7,9,16H,8,10H2,1-3H3/t15-/m0/s1. The number of nitrogens with one attached hydrogen (secondary N) is 1. The van der Waals surface area contributed by atoms with Gasteiger partial charge in [0.2, 0.25) is 0 Å². The van der Waals surface area contributed by atoms with E-state index in [1.54, 1.807) is 6.92 Å². The number of rotatable bonds is 4. The summed E-state index contributed by atoms with van der Waals surface area (Å²) in [5, 5.41) is 3.15. The summed E-state index contributed by atoms with van der Waals surface area (Å²) in [6.45, 7) is 3.62. The van der Waals surface area contributed by atoms with Crippen LogP contribution in [0, 0.1) is 0 Å². The number of benzene rings is 1. The van der Waals surface area contributed by atoms with Crippen LogP contribution in [0.4, 0.5) is 0 Å². The molecule has 2 heteroatoms. The predicted octanol–water partition coefficient (Wildman–Crippen LogP) is 2.58. The van der Waals surface area contributed by atoms with Gasteiger partial charge < -0.3 is 5.32 Å². The summed E-state index contributed by atoms with van der Waals surface area (Å²) in [5.41, 5.74) is 3.50. The van der Waals surface area contributed by atoms with Gasteiger partial charge in [-0.05, 0) is 50.4 Å². The summed E-state index contributed by atoms with van der Waals surface area (Å²) in [6, 6.07) is 8.42. The first kappa shape index (κ1) is 12.1. The maximum absolute atomic E-state index is 11.7. The minimum Gasteiger partial charge on any atom is -0.308 e. The highest BCUT2D eigenvalue weighted by molar-refractivity contribution is 5.89. The van der Waals surface area contributed by atoms with E-state index in [9.17, 15) is 4.79 Å². The number of Topliss-reactive ketones (excluding diaryl/α,β-unsaturated/α-hetero) is 1. The molecule has 0 spiro atoms. The second-order valence-corrected chi connectivity index (χ2v) is 4.91. The summed E-state index contributed by atoms with van der Waals surface area (Å²) in [5.74, 6) is 0.185. The normalized spacial score (nSPS) is 17.2. The summed E-state index contributed by atoms with van der Waals surface area (Å²) >= 11 is 0. The smallest absolute Gasteiger partial charge is 0.149 e. The summed E-state index contributed by atoms with van der Waals surface area (Å²) < 4.78 is 0. The minimum atomic E-state index is -0.455. The molecule has 0 radical (unpaired) electrons. The highest BCUT2D eigenvalue weighted by atomic mass is 16.1. The minimum absolute atomic E-state index is 0.185. The van der Waals surface area contributed by atoms with Crippen LogP contribution in [0.25, 0.3) is 5.57 Å². The number of hydrogen-bond donors (Lipinski definition) is 1. The number of fused-ring (bicyclic) bond motifs is 1. The first-order valence-electron chi connectivity index (χ1n) is 6.04. The summed E-state index contributed by atoms with van der Waals surface area (Å²) in [6.07, 6.45) is 3.99. The molecule has 90 valence electrons. The number of allylic oxidation sites excluding steroid dienone is 1. The van der Waals surface area contributed by atoms with E-state index in [1.165, 1.54) is 16.7 Å². The van der Waals surface area contributed by atoms with E-state index < -0.39 is 5.54 Å². The van der Waals surface area contributed by atoms with Crippen molar-refractivity contribution in [2.45, 2.75) is 32.2 Å². The maximum atomic E-state index is 11.7. The highest BCUT2D eigenvalue weighted by Gasteiger charge is 2.30. The Hall–Kier alpha value is -1.41. The van der Waals surface area contributed by atoms with Gasteiger partial charge in [-0.1, -0.05) is 30.3 Å². The fraction of sp³-hybridized carbons (Fsp3) is 0.400. The molecule has 0 saturated heterocycles. The second-order valence-electron chi connectivity index (χ2n) is 4.91. The van der Waals surface area contributed by atoms with Gasteiger partial charge in [0, 0.05) is 0 Å². The molecule has 0 amide bonds. The van der Waals surface area contributed by atoms with Gasteiger partial charge in [-0.25, -0.2) is 0 Å². The van der Waals surface area contributed by atoms with Crippen LogP contribution in [0.3, 0.4) is 0 Å². The van der Waals surface area contributed by atoms with E-state index in [-0.39, 0.29) is 5.78 Å². The zero-order chi connectivity index (χ0) is 12.5. The molecule has 2 nitrogen and oxygen atoms in total. The Labute approximate surface area is 103 Å². The average Bonchev–Trinajstić information content (AvgIpc) is 2.72. The molecule has 1 aliphatic carbocycles. The summed E-state index contributed by atoms with van der Waals surface area (Å²) in [4.78, 5) is 11.7. The molecule has 0 heterocycles. The van der Waals surface area contributed by atoms with E-state index in [0.717, 1.165) is 12.8 Å². The van der Waals surface area contributed by atoms with Crippen molar-refractivity contribution in [3.05, 3.63) is 41.5 Å². The van der Waals surface area contributed by atoms with Crippen LogP contribution >= 0.6 is 0 Å². The lowest BCUT2D eigenvalue weighted by Gasteiger charge is -2.27. The Kier molecular flexibility index (Phi) is 3.16. The van der Waals surface area contributed by atoms with Gasteiger partial charge in [0.1, 0.15) is 5.78 Å². The molecular formula is C15H19NO. The lowest BCUT2D eigenvalue weighted by Crippen LogP contribution is -2.46. The molecule has 1 aromatic rings. The number of ketones is 1. The molecule has 1 N–H and O–H groups in total. The van der Waals surface area contributed by atoms with E-state index >= 15 is 0 Å². The Morgan fingerprint density at radius 3 is 2.76 bits per heavy atom. The van der Waals surface area contributed by atoms with Crippen molar-refractivity contribution in [3.8, 4) is 0 Å². The fourth-order valence-corrected chi connectivity index (χ4v) is 2.29. The van der Waals surface area contributed by atoms with Crippen LogP contribution in [0.15, 0.2) is 30.3 Å². The van der Waals surface area contributed by atoms with Gasteiger partial charge in [0.15, 0.2) is 0 Å². The van der Waals surface area contributed by atoms with Gasteiger partial charge in [0.25, 0.3) is 0 Å². The molecule has 0 aromatic heterocycles. The molecule has 0 fully saturated rings. The lowest BCUT2D eigenvalue weighted by molar-refractivity contribution is -0.122. The van der Waals surface area contributed by atoms with Gasteiger partial charge in [-0.2, -0.15) is 0 Å². The van der Waals surface area contributed by atoms with Crippen LogP contribution in [0.1, 0.15) is 31.4 Å². The van der Waals surface area contributed by atoms with Crippen molar-refractivity contribution >= 4 is 11.4 Å². The van der Waals surface area contributed by atoms with Gasteiger partial charge >= 0.3 is 0 Å². The van der Waals surface area contributed by atoms with Crippen LogP contribution < -0.4 is 5.32 Å². The Morgan fingerprint density at radius 2 is 2.12 bits per heavy atom. The van der Waals surface area contributed by atoms with E-state index in [4.69, 9.17) is 0 Å². The predicted molar refractivity (Wildman–Crippen MR) is 70.9 cm³/mol. The monoisotopic (exact) mass is 229 g/mol. The molecule has 0 aliphatic heterocycles. The number of carbonyl (C=O) groups excluding carboxylic acids is 1. The largest absolute Gasteiger partial charge is 0.308 e. The third-order valence-corrected chi connectivity index (χ3v) is 3.80. The zero-order valence-corrected chi connectivity index (χ0v) is 10.7.